The first-order valence-electron chi connectivity index (χ1n) is 6.10. The van der Waals surface area contributed by atoms with Crippen LogP contribution in [0.15, 0.2) is 23.1 Å². The van der Waals surface area contributed by atoms with E-state index in [1.807, 2.05) is 6.92 Å². The van der Waals surface area contributed by atoms with Crippen molar-refractivity contribution in [2.75, 3.05) is 25.4 Å². The molecule has 19 heavy (non-hydrogen) atoms. The summed E-state index contributed by atoms with van der Waals surface area (Å²) in [6.45, 7) is 2.43. The van der Waals surface area contributed by atoms with Gasteiger partial charge in [0.25, 0.3) is 0 Å². The molecule has 104 valence electrons. The third-order valence-electron chi connectivity index (χ3n) is 3.14. The van der Waals surface area contributed by atoms with Gasteiger partial charge in [0.1, 0.15) is 0 Å². The van der Waals surface area contributed by atoms with E-state index in [2.05, 4.69) is 5.32 Å². The summed E-state index contributed by atoms with van der Waals surface area (Å²) in [4.78, 5) is 11.4. The number of hydrogen-bond acceptors (Lipinski definition) is 4. The number of carbonyl (C=O) groups excluding carboxylic acids is 1. The highest BCUT2D eigenvalue weighted by molar-refractivity contribution is 7.89. The number of rotatable bonds is 3. The van der Waals surface area contributed by atoms with Crippen molar-refractivity contribution in [2.24, 2.45) is 0 Å². The molecule has 1 fully saturated rings. The number of hydrogen-bond donors (Lipinski definition) is 2. The number of amides is 1. The Bertz CT molecular complexity index is 598. The smallest absolute Gasteiger partial charge is 0.243 e. The average molecular weight is 283 g/mol. The van der Waals surface area contributed by atoms with Crippen molar-refractivity contribution >= 4 is 21.6 Å². The Labute approximate surface area is 112 Å². The van der Waals surface area contributed by atoms with Gasteiger partial charge < -0.3 is 11.1 Å². The van der Waals surface area contributed by atoms with E-state index in [0.29, 0.717) is 12.2 Å². The second-order valence-corrected chi connectivity index (χ2v) is 6.34. The van der Waals surface area contributed by atoms with Crippen molar-refractivity contribution in [3.8, 4) is 0 Å². The lowest BCUT2D eigenvalue weighted by atomic mass is 10.1. The molecule has 1 aliphatic heterocycles. The van der Waals surface area contributed by atoms with Gasteiger partial charge in [0.15, 0.2) is 0 Å². The van der Waals surface area contributed by atoms with Crippen molar-refractivity contribution in [3.05, 3.63) is 23.8 Å². The molecule has 6 nitrogen and oxygen atoms in total. The second-order valence-electron chi connectivity index (χ2n) is 4.40. The molecule has 0 spiro atoms. The van der Waals surface area contributed by atoms with Gasteiger partial charge in [-0.05, 0) is 24.1 Å². The van der Waals surface area contributed by atoms with E-state index in [1.165, 1.54) is 16.4 Å². The number of nitrogen functional groups attached to an aromatic ring is 1. The molecule has 0 aromatic heterocycles. The second kappa shape index (κ2) is 5.18. The Morgan fingerprint density at radius 3 is 2.74 bits per heavy atom. The third-order valence-corrected chi connectivity index (χ3v) is 4.98. The average Bonchev–Trinajstić information content (AvgIpc) is 2.38. The maximum Gasteiger partial charge on any atom is 0.243 e. The summed E-state index contributed by atoms with van der Waals surface area (Å²) in [6.07, 6.45) is 0.748. The molecule has 0 radical (unpaired) electrons. The molecular weight excluding hydrogens is 266 g/mol. The van der Waals surface area contributed by atoms with Crippen LogP contribution >= 0.6 is 0 Å². The van der Waals surface area contributed by atoms with Gasteiger partial charge in [-0.25, -0.2) is 8.42 Å². The van der Waals surface area contributed by atoms with Crippen molar-refractivity contribution < 1.29 is 13.2 Å². The molecule has 0 bridgehead atoms. The van der Waals surface area contributed by atoms with Crippen molar-refractivity contribution in [1.82, 2.24) is 9.62 Å². The first-order valence-corrected chi connectivity index (χ1v) is 7.54. The molecule has 0 unspecified atom stereocenters. The Morgan fingerprint density at radius 1 is 1.42 bits per heavy atom. The number of benzene rings is 1. The third kappa shape index (κ3) is 2.71. The van der Waals surface area contributed by atoms with E-state index in [0.717, 1.165) is 12.0 Å². The predicted octanol–water partition coefficient (Wildman–Crippen LogP) is -0.0483. The van der Waals surface area contributed by atoms with Gasteiger partial charge in [-0.1, -0.05) is 13.0 Å². The van der Waals surface area contributed by atoms with Gasteiger partial charge in [-0.3, -0.25) is 4.79 Å². The zero-order valence-corrected chi connectivity index (χ0v) is 11.5. The summed E-state index contributed by atoms with van der Waals surface area (Å²) in [5.74, 6) is -0.284. The molecular formula is C12H17N3O3S. The van der Waals surface area contributed by atoms with E-state index in [-0.39, 0.29) is 23.9 Å². The molecule has 1 heterocycles. The highest BCUT2D eigenvalue weighted by atomic mass is 32.2. The predicted molar refractivity (Wildman–Crippen MR) is 72.0 cm³/mol. The number of nitrogens with one attached hydrogen (secondary N) is 1. The van der Waals surface area contributed by atoms with Crippen LogP contribution in [0.4, 0.5) is 5.69 Å². The number of aryl methyl sites for hydroxylation is 1. The summed E-state index contributed by atoms with van der Waals surface area (Å²) in [7, 11) is -3.65. The summed E-state index contributed by atoms with van der Waals surface area (Å²) < 4.78 is 25.9. The molecule has 7 heteroatoms. The van der Waals surface area contributed by atoms with Crippen LogP contribution < -0.4 is 11.1 Å². The highest BCUT2D eigenvalue weighted by Gasteiger charge is 2.29. The van der Waals surface area contributed by atoms with Crippen LogP contribution in [-0.4, -0.2) is 38.3 Å². The fraction of sp³-hybridized carbons (Fsp3) is 0.417. The standard InChI is InChI=1S/C12H17N3O3S/c1-2-9-3-4-10(7-11(9)13)19(17,18)15-6-5-14-12(16)8-15/h3-4,7H,2,5-6,8,13H2,1H3,(H,14,16). The number of sulfonamides is 1. The number of carbonyl (C=O) groups is 1. The lowest BCUT2D eigenvalue weighted by Crippen LogP contribution is -2.49. The lowest BCUT2D eigenvalue weighted by molar-refractivity contribution is -0.122. The van der Waals surface area contributed by atoms with E-state index < -0.39 is 10.0 Å². The van der Waals surface area contributed by atoms with Crippen LogP contribution in [0.3, 0.4) is 0 Å². The van der Waals surface area contributed by atoms with E-state index in [9.17, 15) is 13.2 Å². The molecule has 0 aliphatic carbocycles. The quantitative estimate of drug-likeness (QED) is 0.761. The Hall–Kier alpha value is -1.60. The maximum absolute atomic E-state index is 12.4. The van der Waals surface area contributed by atoms with E-state index in [4.69, 9.17) is 5.73 Å². The number of piperazine rings is 1. The fourth-order valence-corrected chi connectivity index (χ4v) is 3.46. The van der Waals surface area contributed by atoms with Crippen LogP contribution in [0.25, 0.3) is 0 Å². The summed E-state index contributed by atoms with van der Waals surface area (Å²) in [5, 5.41) is 2.60. The molecule has 1 amide bonds. The molecule has 2 rings (SSSR count). The molecule has 1 saturated heterocycles. The van der Waals surface area contributed by atoms with Crippen LogP contribution in [0.2, 0.25) is 0 Å². The number of nitrogens with zero attached hydrogens (tertiary/aromatic N) is 1. The largest absolute Gasteiger partial charge is 0.398 e. The SMILES string of the molecule is CCc1ccc(S(=O)(=O)N2CCNC(=O)C2)cc1N. The van der Waals surface area contributed by atoms with Crippen LogP contribution in [0.1, 0.15) is 12.5 Å². The normalized spacial score (nSPS) is 17.2. The molecule has 1 aliphatic rings. The topological polar surface area (TPSA) is 92.5 Å². The van der Waals surface area contributed by atoms with Crippen LogP contribution in [0.5, 0.6) is 0 Å². The van der Waals surface area contributed by atoms with Gasteiger partial charge in [-0.15, -0.1) is 0 Å². The Kier molecular flexibility index (Phi) is 3.77. The number of nitrogens with two attached hydrogens (primary N) is 1. The number of anilines is 1. The van der Waals surface area contributed by atoms with Gasteiger partial charge in [-0.2, -0.15) is 4.31 Å². The van der Waals surface area contributed by atoms with Crippen molar-refractivity contribution in [3.63, 3.8) is 0 Å². The first-order chi connectivity index (χ1) is 8.95. The molecule has 0 saturated carbocycles. The zero-order chi connectivity index (χ0) is 14.0. The monoisotopic (exact) mass is 283 g/mol. The molecule has 3 N–H and O–H groups in total. The van der Waals surface area contributed by atoms with Crippen molar-refractivity contribution in [1.29, 1.82) is 0 Å². The summed E-state index contributed by atoms with van der Waals surface area (Å²) >= 11 is 0. The van der Waals surface area contributed by atoms with Crippen LogP contribution in [0, 0.1) is 0 Å². The van der Waals surface area contributed by atoms with Gasteiger partial charge in [0, 0.05) is 18.8 Å². The minimum absolute atomic E-state index is 0.136. The minimum atomic E-state index is -3.65. The maximum atomic E-state index is 12.4. The highest BCUT2D eigenvalue weighted by Crippen LogP contribution is 2.22. The Morgan fingerprint density at radius 2 is 2.16 bits per heavy atom. The molecule has 0 atom stereocenters. The molecule has 1 aromatic rings. The summed E-state index contributed by atoms with van der Waals surface area (Å²) in [6, 6.07) is 4.71. The summed E-state index contributed by atoms with van der Waals surface area (Å²) in [5.41, 5.74) is 7.20. The lowest BCUT2D eigenvalue weighted by Gasteiger charge is -2.26. The Balaban J connectivity index is 2.33. The van der Waals surface area contributed by atoms with Gasteiger partial charge in [0.2, 0.25) is 15.9 Å². The van der Waals surface area contributed by atoms with Gasteiger partial charge in [0.05, 0.1) is 11.4 Å². The fourth-order valence-electron chi connectivity index (χ4n) is 2.02. The zero-order valence-electron chi connectivity index (χ0n) is 10.7. The van der Waals surface area contributed by atoms with E-state index >= 15 is 0 Å². The van der Waals surface area contributed by atoms with Gasteiger partial charge >= 0.3 is 0 Å². The molecule has 1 aromatic carbocycles. The van der Waals surface area contributed by atoms with Crippen LogP contribution in [-0.2, 0) is 21.2 Å². The minimum Gasteiger partial charge on any atom is -0.398 e. The first kappa shape index (κ1) is 13.8. The van der Waals surface area contributed by atoms with E-state index in [1.54, 1.807) is 6.07 Å². The van der Waals surface area contributed by atoms with Crippen molar-refractivity contribution in [2.45, 2.75) is 18.2 Å².